The standard InChI is InChI=1S/C37H50FN3O4Si2/c1-12-25-21-28(32(45-47(10,11)37(5,6)7)23-31(25)44-46(8,9)36(2,3)4)34-35(26-17-18-30-33(22-26)43-20-19-42-30)41(40-39-34)24-27-15-13-14-16-29(27)38/h13-18,21-23H,12,19-20,24H2,1-11H3. The molecule has 4 aromatic rings. The second-order valence-corrected chi connectivity index (χ2v) is 24.9. The van der Waals surface area contributed by atoms with Gasteiger partial charge in [-0.3, -0.25) is 0 Å². The number of benzene rings is 3. The molecule has 7 nitrogen and oxygen atoms in total. The average Bonchev–Trinajstić information content (AvgIpc) is 3.40. The summed E-state index contributed by atoms with van der Waals surface area (Å²) in [5.41, 5.74) is 4.66. The van der Waals surface area contributed by atoms with Gasteiger partial charge in [0.1, 0.15) is 36.2 Å². The van der Waals surface area contributed by atoms with Gasteiger partial charge in [0.05, 0.1) is 12.2 Å². The van der Waals surface area contributed by atoms with Gasteiger partial charge in [-0.05, 0) is 78.6 Å². The molecule has 1 aliphatic heterocycles. The minimum absolute atomic E-state index is 0.0257. The lowest BCUT2D eigenvalue weighted by atomic mass is 9.99. The van der Waals surface area contributed by atoms with Crippen molar-refractivity contribution in [1.82, 2.24) is 15.0 Å². The summed E-state index contributed by atoms with van der Waals surface area (Å²) in [7, 11) is -4.49. The van der Waals surface area contributed by atoms with E-state index in [0.717, 1.165) is 40.3 Å². The summed E-state index contributed by atoms with van der Waals surface area (Å²) < 4.78 is 42.6. The van der Waals surface area contributed by atoms with Crippen LogP contribution >= 0.6 is 0 Å². The molecular weight excluding hydrogens is 626 g/mol. The van der Waals surface area contributed by atoms with Crippen LogP contribution in [0.2, 0.25) is 36.3 Å². The molecule has 3 aromatic carbocycles. The topological polar surface area (TPSA) is 67.6 Å². The molecule has 0 bridgehead atoms. The Hall–Kier alpha value is -3.64. The Bertz CT molecular complexity index is 1760. The molecule has 0 spiro atoms. The zero-order valence-corrected chi connectivity index (χ0v) is 31.9. The van der Waals surface area contributed by atoms with Crippen LogP contribution in [0.25, 0.3) is 22.5 Å². The van der Waals surface area contributed by atoms with E-state index in [1.807, 2.05) is 24.3 Å². The van der Waals surface area contributed by atoms with Crippen LogP contribution in [0.4, 0.5) is 4.39 Å². The highest BCUT2D eigenvalue weighted by Gasteiger charge is 2.42. The molecule has 0 saturated carbocycles. The number of nitrogens with zero attached hydrogens (tertiary/aromatic N) is 3. The van der Waals surface area contributed by atoms with Gasteiger partial charge in [-0.1, -0.05) is 71.9 Å². The molecule has 1 aliphatic rings. The molecule has 10 heteroatoms. The van der Waals surface area contributed by atoms with Gasteiger partial charge in [-0.15, -0.1) is 5.10 Å². The molecule has 252 valence electrons. The third-order valence-corrected chi connectivity index (χ3v) is 18.7. The Labute approximate surface area is 281 Å². The van der Waals surface area contributed by atoms with Gasteiger partial charge < -0.3 is 18.3 Å². The highest BCUT2D eigenvalue weighted by atomic mass is 28.4. The molecule has 0 amide bonds. The van der Waals surface area contributed by atoms with E-state index in [0.29, 0.717) is 36.0 Å². The summed E-state index contributed by atoms with van der Waals surface area (Å²) >= 11 is 0. The summed E-state index contributed by atoms with van der Waals surface area (Å²) in [6.45, 7) is 25.8. The van der Waals surface area contributed by atoms with Gasteiger partial charge in [-0.2, -0.15) is 0 Å². The monoisotopic (exact) mass is 675 g/mol. The van der Waals surface area contributed by atoms with Crippen molar-refractivity contribution in [3.63, 3.8) is 0 Å². The average molecular weight is 676 g/mol. The Morgan fingerprint density at radius 3 is 2.02 bits per heavy atom. The minimum Gasteiger partial charge on any atom is -0.543 e. The largest absolute Gasteiger partial charge is 0.543 e. The van der Waals surface area contributed by atoms with Crippen molar-refractivity contribution < 1.29 is 22.7 Å². The lowest BCUT2D eigenvalue weighted by Crippen LogP contribution is -2.44. The summed E-state index contributed by atoms with van der Waals surface area (Å²) in [5.74, 6) is 2.64. The number of aryl methyl sites for hydroxylation is 1. The summed E-state index contributed by atoms with van der Waals surface area (Å²) in [6.07, 6.45) is 0.764. The van der Waals surface area contributed by atoms with Crippen molar-refractivity contribution >= 4 is 16.6 Å². The third kappa shape index (κ3) is 7.13. The molecule has 0 aliphatic carbocycles. The third-order valence-electron chi connectivity index (χ3n) is 9.97. The fraction of sp³-hybridized carbons (Fsp3) is 0.459. The summed E-state index contributed by atoms with van der Waals surface area (Å²) in [6, 6.07) is 16.9. The SMILES string of the molecule is CCc1cc(-c2nnn(Cc3ccccc3F)c2-c2ccc3c(c2)OCCO3)c(O[Si](C)(C)C(C)(C)C)cc1O[Si](C)(C)C(C)(C)C. The number of rotatable bonds is 9. The van der Waals surface area contributed by atoms with Gasteiger partial charge in [-0.25, -0.2) is 9.07 Å². The molecule has 2 heterocycles. The predicted octanol–water partition coefficient (Wildman–Crippen LogP) is 9.90. The van der Waals surface area contributed by atoms with Crippen molar-refractivity contribution in [2.24, 2.45) is 0 Å². The van der Waals surface area contributed by atoms with Gasteiger partial charge in [0.25, 0.3) is 8.32 Å². The summed E-state index contributed by atoms with van der Waals surface area (Å²) in [4.78, 5) is 0. The van der Waals surface area contributed by atoms with Crippen LogP contribution in [0.15, 0.2) is 54.6 Å². The van der Waals surface area contributed by atoms with Crippen LogP contribution < -0.4 is 18.3 Å². The van der Waals surface area contributed by atoms with E-state index in [1.165, 1.54) is 6.07 Å². The van der Waals surface area contributed by atoms with E-state index in [-0.39, 0.29) is 22.4 Å². The van der Waals surface area contributed by atoms with E-state index in [9.17, 15) is 4.39 Å². The number of hydrogen-bond acceptors (Lipinski definition) is 6. The molecule has 0 N–H and O–H groups in total. The van der Waals surface area contributed by atoms with Gasteiger partial charge in [0.15, 0.2) is 11.5 Å². The molecule has 5 rings (SSSR count). The van der Waals surface area contributed by atoms with Crippen LogP contribution in [-0.2, 0) is 13.0 Å². The minimum atomic E-state index is -2.32. The zero-order chi connectivity index (χ0) is 34.4. The molecular formula is C37H50FN3O4Si2. The van der Waals surface area contributed by atoms with E-state index < -0.39 is 16.6 Å². The van der Waals surface area contributed by atoms with Crippen molar-refractivity contribution in [1.29, 1.82) is 0 Å². The zero-order valence-electron chi connectivity index (χ0n) is 29.9. The van der Waals surface area contributed by atoms with Crippen LogP contribution in [0.1, 0.15) is 59.6 Å². The van der Waals surface area contributed by atoms with Crippen LogP contribution in [0.3, 0.4) is 0 Å². The van der Waals surface area contributed by atoms with Crippen molar-refractivity contribution in [3.05, 3.63) is 71.5 Å². The van der Waals surface area contributed by atoms with Crippen molar-refractivity contribution in [2.45, 2.75) is 97.7 Å². The number of aromatic nitrogens is 3. The number of hydrogen-bond donors (Lipinski definition) is 0. The molecule has 0 atom stereocenters. The lowest BCUT2D eigenvalue weighted by molar-refractivity contribution is 0.171. The second kappa shape index (κ2) is 12.8. The Morgan fingerprint density at radius 1 is 0.787 bits per heavy atom. The molecule has 0 saturated heterocycles. The quantitative estimate of drug-likeness (QED) is 0.165. The van der Waals surface area contributed by atoms with Gasteiger partial charge in [0.2, 0.25) is 8.32 Å². The van der Waals surface area contributed by atoms with E-state index >= 15 is 0 Å². The summed E-state index contributed by atoms with van der Waals surface area (Å²) in [5, 5.41) is 9.41. The smallest absolute Gasteiger partial charge is 0.250 e. The van der Waals surface area contributed by atoms with Crippen LogP contribution in [-0.4, -0.2) is 44.8 Å². The molecule has 0 unspecified atom stereocenters. The predicted molar refractivity (Wildman–Crippen MR) is 192 cm³/mol. The Balaban J connectivity index is 1.76. The second-order valence-electron chi connectivity index (χ2n) is 15.4. The Morgan fingerprint density at radius 2 is 1.40 bits per heavy atom. The fourth-order valence-corrected chi connectivity index (χ4v) is 7.04. The maximum atomic E-state index is 15.0. The van der Waals surface area contributed by atoms with E-state index in [1.54, 1.807) is 16.8 Å². The first-order valence-corrected chi connectivity index (χ1v) is 22.4. The maximum Gasteiger partial charge on any atom is 0.250 e. The number of fused-ring (bicyclic) bond motifs is 1. The normalized spacial score (nSPS) is 13.9. The lowest BCUT2D eigenvalue weighted by Gasteiger charge is -2.39. The van der Waals surface area contributed by atoms with Gasteiger partial charge in [0, 0.05) is 22.8 Å². The first kappa shape index (κ1) is 34.7. The first-order valence-electron chi connectivity index (χ1n) is 16.5. The van der Waals surface area contributed by atoms with Crippen molar-refractivity contribution in [2.75, 3.05) is 13.2 Å². The highest BCUT2D eigenvalue weighted by molar-refractivity contribution is 6.75. The van der Waals surface area contributed by atoms with Crippen molar-refractivity contribution in [3.8, 4) is 45.5 Å². The van der Waals surface area contributed by atoms with Gasteiger partial charge >= 0.3 is 0 Å². The fourth-order valence-electron chi connectivity index (χ4n) is 4.97. The molecule has 47 heavy (non-hydrogen) atoms. The van der Waals surface area contributed by atoms with E-state index in [2.05, 4.69) is 92.0 Å². The molecule has 0 fully saturated rings. The number of halogens is 1. The van der Waals surface area contributed by atoms with E-state index in [4.69, 9.17) is 23.4 Å². The molecule has 1 aromatic heterocycles. The maximum absolute atomic E-state index is 15.0. The van der Waals surface area contributed by atoms with Crippen LogP contribution in [0, 0.1) is 5.82 Å². The van der Waals surface area contributed by atoms with Crippen LogP contribution in [0.5, 0.6) is 23.0 Å². The highest BCUT2D eigenvalue weighted by Crippen LogP contribution is 2.47. The number of ether oxygens (including phenoxy) is 2. The first-order chi connectivity index (χ1) is 21.9. The molecule has 0 radical (unpaired) electrons. The Kier molecular flexibility index (Phi) is 9.42.